The Kier molecular flexibility index (Phi) is 4.27. The summed E-state index contributed by atoms with van der Waals surface area (Å²) in [4.78, 5) is 25.0. The second-order valence-corrected chi connectivity index (χ2v) is 5.48. The predicted molar refractivity (Wildman–Crippen MR) is 77.9 cm³/mol. The van der Waals surface area contributed by atoms with E-state index >= 15 is 0 Å². The van der Waals surface area contributed by atoms with E-state index in [9.17, 15) is 9.59 Å². The summed E-state index contributed by atoms with van der Waals surface area (Å²) in [7, 11) is 3.91. The standard InChI is InChI=1S/C15H20N2O3/c1-17(2)13-7-5-12(6-8-13)16-14(18)10-3-4-11(9-10)15(19)20/h5-8,10-11H,3-4,9H2,1-2H3,(H,16,18)(H,19,20)/t10-,11+/m1/s1. The molecule has 0 unspecified atom stereocenters. The van der Waals surface area contributed by atoms with Gasteiger partial charge in [-0.3, -0.25) is 9.59 Å². The van der Waals surface area contributed by atoms with Crippen molar-refractivity contribution in [2.45, 2.75) is 19.3 Å². The molecule has 0 aliphatic heterocycles. The third-order valence-corrected chi connectivity index (χ3v) is 3.80. The molecule has 1 fully saturated rings. The lowest BCUT2D eigenvalue weighted by Gasteiger charge is -2.14. The van der Waals surface area contributed by atoms with Gasteiger partial charge in [0.15, 0.2) is 0 Å². The van der Waals surface area contributed by atoms with Crippen LogP contribution in [0.15, 0.2) is 24.3 Å². The van der Waals surface area contributed by atoms with Gasteiger partial charge in [0.2, 0.25) is 5.91 Å². The topological polar surface area (TPSA) is 69.6 Å². The Balaban J connectivity index is 1.93. The predicted octanol–water partition coefficient (Wildman–Crippen LogP) is 2.19. The minimum Gasteiger partial charge on any atom is -0.481 e. The van der Waals surface area contributed by atoms with E-state index < -0.39 is 5.97 Å². The number of aliphatic carboxylic acids is 1. The first kappa shape index (κ1) is 14.4. The van der Waals surface area contributed by atoms with Gasteiger partial charge in [-0.1, -0.05) is 0 Å². The van der Waals surface area contributed by atoms with Crippen molar-refractivity contribution in [3.63, 3.8) is 0 Å². The molecule has 2 atom stereocenters. The number of nitrogens with zero attached hydrogens (tertiary/aromatic N) is 1. The van der Waals surface area contributed by atoms with E-state index in [0.717, 1.165) is 11.4 Å². The Morgan fingerprint density at radius 2 is 1.75 bits per heavy atom. The molecular formula is C15H20N2O3. The minimum atomic E-state index is -0.796. The number of amides is 1. The molecule has 0 spiro atoms. The van der Waals surface area contributed by atoms with Crippen molar-refractivity contribution in [1.29, 1.82) is 0 Å². The van der Waals surface area contributed by atoms with Gasteiger partial charge >= 0.3 is 5.97 Å². The molecule has 2 rings (SSSR count). The SMILES string of the molecule is CN(C)c1ccc(NC(=O)[C@@H]2CC[C@H](C(=O)O)C2)cc1. The van der Waals surface area contributed by atoms with Gasteiger partial charge in [-0.2, -0.15) is 0 Å². The first-order valence-electron chi connectivity index (χ1n) is 6.78. The normalized spacial score (nSPS) is 21.5. The van der Waals surface area contributed by atoms with E-state index in [1.54, 1.807) is 0 Å². The highest BCUT2D eigenvalue weighted by Crippen LogP contribution is 2.32. The summed E-state index contributed by atoms with van der Waals surface area (Å²) in [5.41, 5.74) is 1.81. The summed E-state index contributed by atoms with van der Waals surface area (Å²) in [5, 5.41) is 11.8. The van der Waals surface area contributed by atoms with Crippen LogP contribution in [0.5, 0.6) is 0 Å². The van der Waals surface area contributed by atoms with E-state index in [1.165, 1.54) is 0 Å². The van der Waals surface area contributed by atoms with Crippen LogP contribution in [0.1, 0.15) is 19.3 Å². The Bertz CT molecular complexity index is 496. The fourth-order valence-corrected chi connectivity index (χ4v) is 2.53. The second kappa shape index (κ2) is 5.94. The lowest BCUT2D eigenvalue weighted by atomic mass is 10.0. The Hall–Kier alpha value is -2.04. The maximum Gasteiger partial charge on any atom is 0.306 e. The highest BCUT2D eigenvalue weighted by Gasteiger charge is 2.33. The van der Waals surface area contributed by atoms with Gasteiger partial charge in [-0.15, -0.1) is 0 Å². The van der Waals surface area contributed by atoms with E-state index in [4.69, 9.17) is 5.11 Å². The third kappa shape index (κ3) is 3.29. The van der Waals surface area contributed by atoms with Crippen LogP contribution in [0.25, 0.3) is 0 Å². The van der Waals surface area contributed by atoms with Gasteiger partial charge in [-0.25, -0.2) is 0 Å². The third-order valence-electron chi connectivity index (χ3n) is 3.80. The quantitative estimate of drug-likeness (QED) is 0.884. The molecule has 5 nitrogen and oxygen atoms in total. The van der Waals surface area contributed by atoms with Crippen LogP contribution in [0.2, 0.25) is 0 Å². The molecule has 0 radical (unpaired) electrons. The zero-order chi connectivity index (χ0) is 14.7. The van der Waals surface area contributed by atoms with Crippen molar-refractivity contribution >= 4 is 23.3 Å². The number of rotatable bonds is 4. The van der Waals surface area contributed by atoms with Crippen LogP contribution in [-0.4, -0.2) is 31.1 Å². The van der Waals surface area contributed by atoms with Crippen molar-refractivity contribution in [2.75, 3.05) is 24.3 Å². The number of benzene rings is 1. The zero-order valence-corrected chi connectivity index (χ0v) is 11.8. The molecule has 1 saturated carbocycles. The monoisotopic (exact) mass is 276 g/mol. The summed E-state index contributed by atoms with van der Waals surface area (Å²) >= 11 is 0. The van der Waals surface area contributed by atoms with Crippen LogP contribution in [0.4, 0.5) is 11.4 Å². The molecule has 0 saturated heterocycles. The van der Waals surface area contributed by atoms with Crippen molar-refractivity contribution in [2.24, 2.45) is 11.8 Å². The lowest BCUT2D eigenvalue weighted by molar-refractivity contribution is -0.141. The molecule has 0 aromatic heterocycles. The summed E-state index contributed by atoms with van der Waals surface area (Å²) < 4.78 is 0. The van der Waals surface area contributed by atoms with Gasteiger partial charge < -0.3 is 15.3 Å². The molecule has 1 aliphatic carbocycles. The van der Waals surface area contributed by atoms with Crippen LogP contribution in [0, 0.1) is 11.8 Å². The van der Waals surface area contributed by atoms with Gasteiger partial charge in [0.05, 0.1) is 5.92 Å². The first-order valence-corrected chi connectivity index (χ1v) is 6.78. The molecule has 5 heteroatoms. The van der Waals surface area contributed by atoms with Crippen LogP contribution < -0.4 is 10.2 Å². The summed E-state index contributed by atoms with van der Waals surface area (Å²) in [5.74, 6) is -1.44. The Morgan fingerprint density at radius 1 is 1.15 bits per heavy atom. The number of carbonyl (C=O) groups excluding carboxylic acids is 1. The van der Waals surface area contributed by atoms with Crippen LogP contribution in [0.3, 0.4) is 0 Å². The molecule has 1 aliphatic rings. The molecule has 0 heterocycles. The van der Waals surface area contributed by atoms with E-state index in [0.29, 0.717) is 19.3 Å². The molecule has 1 aromatic rings. The minimum absolute atomic E-state index is 0.0775. The molecular weight excluding hydrogens is 256 g/mol. The van der Waals surface area contributed by atoms with E-state index in [1.807, 2.05) is 43.3 Å². The zero-order valence-electron chi connectivity index (χ0n) is 11.8. The molecule has 20 heavy (non-hydrogen) atoms. The van der Waals surface area contributed by atoms with Crippen molar-refractivity contribution < 1.29 is 14.7 Å². The Labute approximate surface area is 118 Å². The van der Waals surface area contributed by atoms with Crippen molar-refractivity contribution in [1.82, 2.24) is 0 Å². The largest absolute Gasteiger partial charge is 0.481 e. The summed E-state index contributed by atoms with van der Waals surface area (Å²) in [6, 6.07) is 7.59. The van der Waals surface area contributed by atoms with Crippen molar-refractivity contribution in [3.05, 3.63) is 24.3 Å². The van der Waals surface area contributed by atoms with E-state index in [-0.39, 0.29) is 17.7 Å². The highest BCUT2D eigenvalue weighted by atomic mass is 16.4. The number of nitrogens with one attached hydrogen (secondary N) is 1. The first-order chi connectivity index (χ1) is 9.47. The number of hydrogen-bond donors (Lipinski definition) is 2. The fourth-order valence-electron chi connectivity index (χ4n) is 2.53. The molecule has 2 N–H and O–H groups in total. The van der Waals surface area contributed by atoms with Gasteiger partial charge in [0.25, 0.3) is 0 Å². The maximum atomic E-state index is 12.1. The van der Waals surface area contributed by atoms with Gasteiger partial charge in [-0.05, 0) is 43.5 Å². The number of hydrogen-bond acceptors (Lipinski definition) is 3. The van der Waals surface area contributed by atoms with Crippen LogP contribution >= 0.6 is 0 Å². The summed E-state index contributed by atoms with van der Waals surface area (Å²) in [6.45, 7) is 0. The van der Waals surface area contributed by atoms with E-state index in [2.05, 4.69) is 5.32 Å². The second-order valence-electron chi connectivity index (χ2n) is 5.48. The molecule has 1 aromatic carbocycles. The average molecular weight is 276 g/mol. The maximum absolute atomic E-state index is 12.1. The molecule has 108 valence electrons. The highest BCUT2D eigenvalue weighted by molar-refractivity contribution is 5.93. The van der Waals surface area contributed by atoms with Crippen LogP contribution in [-0.2, 0) is 9.59 Å². The number of anilines is 2. The average Bonchev–Trinajstić information content (AvgIpc) is 2.89. The van der Waals surface area contributed by atoms with Gasteiger partial charge in [0.1, 0.15) is 0 Å². The molecule has 1 amide bonds. The fraction of sp³-hybridized carbons (Fsp3) is 0.467. The van der Waals surface area contributed by atoms with Crippen molar-refractivity contribution in [3.8, 4) is 0 Å². The summed E-state index contributed by atoms with van der Waals surface area (Å²) in [6.07, 6.45) is 1.68. The lowest BCUT2D eigenvalue weighted by Crippen LogP contribution is -2.21. The molecule has 0 bridgehead atoms. The Morgan fingerprint density at radius 3 is 2.25 bits per heavy atom. The number of carboxylic acids is 1. The number of carbonyl (C=O) groups is 2. The number of carboxylic acid groups (broad SMARTS) is 1. The van der Waals surface area contributed by atoms with Gasteiger partial charge in [0, 0.05) is 31.4 Å². The smallest absolute Gasteiger partial charge is 0.306 e.